The maximum atomic E-state index is 12.0. The van der Waals surface area contributed by atoms with Crippen molar-refractivity contribution in [3.05, 3.63) is 35.9 Å². The van der Waals surface area contributed by atoms with Gasteiger partial charge in [-0.2, -0.15) is 0 Å². The van der Waals surface area contributed by atoms with Crippen molar-refractivity contribution in [3.63, 3.8) is 0 Å². The lowest BCUT2D eigenvalue weighted by Gasteiger charge is -2.30. The summed E-state index contributed by atoms with van der Waals surface area (Å²) < 4.78 is 0. The highest BCUT2D eigenvalue weighted by Crippen LogP contribution is 2.17. The largest absolute Gasteiger partial charge is 0.338 e. The van der Waals surface area contributed by atoms with Gasteiger partial charge in [-0.1, -0.05) is 37.3 Å². The number of benzene rings is 1. The first kappa shape index (κ1) is 19.7. The van der Waals surface area contributed by atoms with Crippen LogP contribution in [0.25, 0.3) is 0 Å². The molecule has 0 aliphatic carbocycles. The second-order valence-electron chi connectivity index (χ2n) is 7.40. The van der Waals surface area contributed by atoms with Gasteiger partial charge < -0.3 is 20.4 Å². The van der Waals surface area contributed by atoms with E-state index in [-0.39, 0.29) is 12.1 Å². The second-order valence-corrected chi connectivity index (χ2v) is 7.40. The average Bonchev–Trinajstić information content (AvgIpc) is 2.61. The molecule has 1 unspecified atom stereocenters. The molecule has 2 N–H and O–H groups in total. The Kier molecular flexibility index (Phi) is 8.22. The van der Waals surface area contributed by atoms with Crippen LogP contribution in [-0.2, 0) is 0 Å². The number of carbonyl (C=O) groups excluding carboxylic acids is 1. The molecule has 5 heteroatoms. The number of urea groups is 1. The number of nitrogens with one attached hydrogen (secondary N) is 2. The number of hydrogen-bond acceptors (Lipinski definition) is 3. The fourth-order valence-electron chi connectivity index (χ4n) is 3.32. The van der Waals surface area contributed by atoms with Crippen molar-refractivity contribution in [3.8, 4) is 0 Å². The minimum Gasteiger partial charge on any atom is -0.338 e. The molecule has 0 spiro atoms. The third kappa shape index (κ3) is 7.04. The van der Waals surface area contributed by atoms with E-state index in [0.29, 0.717) is 6.54 Å². The number of hydrogen-bond donors (Lipinski definition) is 2. The number of likely N-dealkylation sites (tertiary alicyclic amines) is 1. The highest BCUT2D eigenvalue weighted by molar-refractivity contribution is 5.73. The van der Waals surface area contributed by atoms with Crippen LogP contribution in [0.3, 0.4) is 0 Å². The van der Waals surface area contributed by atoms with Crippen LogP contribution in [0.2, 0.25) is 0 Å². The lowest BCUT2D eigenvalue weighted by Crippen LogP contribution is -2.41. The number of rotatable bonds is 8. The summed E-state index contributed by atoms with van der Waals surface area (Å²) in [5.41, 5.74) is 1.21. The van der Waals surface area contributed by atoms with Gasteiger partial charge in [-0.15, -0.1) is 0 Å². The van der Waals surface area contributed by atoms with Crippen molar-refractivity contribution in [1.29, 1.82) is 0 Å². The lowest BCUT2D eigenvalue weighted by atomic mass is 9.99. The predicted molar refractivity (Wildman–Crippen MR) is 104 cm³/mol. The Hall–Kier alpha value is -1.59. The Balaban J connectivity index is 1.62. The fraction of sp³-hybridized carbons (Fsp3) is 0.650. The number of nitrogens with zero attached hydrogens (tertiary/aromatic N) is 2. The highest BCUT2D eigenvalue weighted by atomic mass is 16.2. The van der Waals surface area contributed by atoms with Crippen molar-refractivity contribution in [2.45, 2.75) is 32.2 Å². The molecule has 1 aromatic carbocycles. The molecule has 140 valence electrons. The van der Waals surface area contributed by atoms with Gasteiger partial charge in [-0.3, -0.25) is 0 Å². The SMILES string of the molecule is CC1CCN(CCCNC(=O)NCC(c2ccccc2)N(C)C)CC1. The Bertz CT molecular complexity index is 498. The van der Waals surface area contributed by atoms with E-state index in [9.17, 15) is 4.79 Å². The first-order chi connectivity index (χ1) is 12.1. The summed E-state index contributed by atoms with van der Waals surface area (Å²) in [6.07, 6.45) is 3.62. The van der Waals surface area contributed by atoms with Crippen molar-refractivity contribution < 1.29 is 4.79 Å². The van der Waals surface area contributed by atoms with Gasteiger partial charge in [0.05, 0.1) is 6.04 Å². The van der Waals surface area contributed by atoms with Crippen LogP contribution < -0.4 is 10.6 Å². The summed E-state index contributed by atoms with van der Waals surface area (Å²) in [6.45, 7) is 7.16. The molecule has 25 heavy (non-hydrogen) atoms. The summed E-state index contributed by atoms with van der Waals surface area (Å²) in [7, 11) is 4.08. The second kappa shape index (κ2) is 10.4. The van der Waals surface area contributed by atoms with E-state index < -0.39 is 0 Å². The summed E-state index contributed by atoms with van der Waals surface area (Å²) in [6, 6.07) is 10.4. The third-order valence-corrected chi connectivity index (χ3v) is 5.08. The molecule has 5 nitrogen and oxygen atoms in total. The molecule has 0 radical (unpaired) electrons. The molecule has 0 saturated carbocycles. The van der Waals surface area contributed by atoms with Crippen molar-refractivity contribution in [1.82, 2.24) is 20.4 Å². The normalized spacial score (nSPS) is 17.4. The van der Waals surface area contributed by atoms with E-state index in [1.807, 2.05) is 32.3 Å². The molecule has 1 saturated heterocycles. The average molecular weight is 347 g/mol. The summed E-state index contributed by atoms with van der Waals surface area (Å²) in [5.74, 6) is 0.870. The maximum absolute atomic E-state index is 12.0. The van der Waals surface area contributed by atoms with Crippen LogP contribution in [-0.4, -0.2) is 62.7 Å². The zero-order valence-electron chi connectivity index (χ0n) is 16.0. The third-order valence-electron chi connectivity index (χ3n) is 5.08. The number of piperidine rings is 1. The number of likely N-dealkylation sites (N-methyl/N-ethyl adjacent to an activating group) is 1. The zero-order chi connectivity index (χ0) is 18.1. The predicted octanol–water partition coefficient (Wildman–Crippen LogP) is 2.71. The van der Waals surface area contributed by atoms with Crippen LogP contribution in [0.1, 0.15) is 37.8 Å². The van der Waals surface area contributed by atoms with E-state index in [0.717, 1.165) is 25.4 Å². The van der Waals surface area contributed by atoms with Gasteiger partial charge in [0.15, 0.2) is 0 Å². The molecule has 1 aliphatic heterocycles. The first-order valence-corrected chi connectivity index (χ1v) is 9.51. The molecule has 1 heterocycles. The van der Waals surface area contributed by atoms with Gasteiger partial charge in [0, 0.05) is 13.1 Å². The molecular formula is C20H34N4O. The van der Waals surface area contributed by atoms with Crippen molar-refractivity contribution in [2.75, 3.05) is 46.8 Å². The fourth-order valence-corrected chi connectivity index (χ4v) is 3.32. The van der Waals surface area contributed by atoms with Crippen LogP contribution in [0.4, 0.5) is 4.79 Å². The van der Waals surface area contributed by atoms with E-state index in [2.05, 4.69) is 39.5 Å². The Morgan fingerprint density at radius 1 is 1.20 bits per heavy atom. The molecule has 1 atom stereocenters. The number of amides is 2. The molecule has 0 bridgehead atoms. The van der Waals surface area contributed by atoms with Gasteiger partial charge in [-0.05, 0) is 64.5 Å². The summed E-state index contributed by atoms with van der Waals surface area (Å²) in [5, 5.41) is 5.98. The summed E-state index contributed by atoms with van der Waals surface area (Å²) in [4.78, 5) is 16.7. The molecule has 0 aromatic heterocycles. The standard InChI is InChI=1S/C20H34N4O/c1-17-10-14-24(15-11-17)13-7-12-21-20(25)22-16-19(23(2)3)18-8-5-4-6-9-18/h4-6,8-9,17,19H,7,10-16H2,1-3H3,(H2,21,22,25). The quantitative estimate of drug-likeness (QED) is 0.712. The monoisotopic (exact) mass is 346 g/mol. The molecule has 1 aromatic rings. The topological polar surface area (TPSA) is 47.6 Å². The Morgan fingerprint density at radius 2 is 1.88 bits per heavy atom. The van der Waals surface area contributed by atoms with Crippen molar-refractivity contribution >= 4 is 6.03 Å². The zero-order valence-corrected chi connectivity index (χ0v) is 16.0. The van der Waals surface area contributed by atoms with E-state index in [4.69, 9.17) is 0 Å². The molecular weight excluding hydrogens is 312 g/mol. The van der Waals surface area contributed by atoms with E-state index in [1.165, 1.54) is 31.5 Å². The van der Waals surface area contributed by atoms with Gasteiger partial charge >= 0.3 is 6.03 Å². The van der Waals surface area contributed by atoms with Crippen molar-refractivity contribution in [2.24, 2.45) is 5.92 Å². The number of carbonyl (C=O) groups is 1. The van der Waals surface area contributed by atoms with Crippen LogP contribution in [0.5, 0.6) is 0 Å². The minimum atomic E-state index is -0.0740. The van der Waals surface area contributed by atoms with Crippen LogP contribution >= 0.6 is 0 Å². The summed E-state index contributed by atoms with van der Waals surface area (Å²) >= 11 is 0. The molecule has 2 amide bonds. The van der Waals surface area contributed by atoms with Crippen LogP contribution in [0, 0.1) is 5.92 Å². The first-order valence-electron chi connectivity index (χ1n) is 9.51. The van der Waals surface area contributed by atoms with Gasteiger partial charge in [-0.25, -0.2) is 4.79 Å². The van der Waals surface area contributed by atoms with Crippen LogP contribution in [0.15, 0.2) is 30.3 Å². The van der Waals surface area contributed by atoms with Gasteiger partial charge in [0.2, 0.25) is 0 Å². The minimum absolute atomic E-state index is 0.0740. The lowest BCUT2D eigenvalue weighted by molar-refractivity contribution is 0.190. The van der Waals surface area contributed by atoms with E-state index in [1.54, 1.807) is 0 Å². The molecule has 2 rings (SSSR count). The van der Waals surface area contributed by atoms with Gasteiger partial charge in [0.25, 0.3) is 0 Å². The van der Waals surface area contributed by atoms with E-state index >= 15 is 0 Å². The maximum Gasteiger partial charge on any atom is 0.314 e. The highest BCUT2D eigenvalue weighted by Gasteiger charge is 2.16. The molecule has 1 fully saturated rings. The Labute approximate surface area is 152 Å². The van der Waals surface area contributed by atoms with Gasteiger partial charge in [0.1, 0.15) is 0 Å². The smallest absolute Gasteiger partial charge is 0.314 e. The molecule has 1 aliphatic rings. The Morgan fingerprint density at radius 3 is 2.52 bits per heavy atom.